The summed E-state index contributed by atoms with van der Waals surface area (Å²) >= 11 is 0. The van der Waals surface area contributed by atoms with Crippen molar-refractivity contribution in [1.82, 2.24) is 19.8 Å². The Morgan fingerprint density at radius 2 is 1.75 bits per heavy atom. The van der Waals surface area contributed by atoms with E-state index >= 15 is 0 Å². The van der Waals surface area contributed by atoms with Crippen LogP contribution in [-0.4, -0.2) is 106 Å². The molecule has 2 heterocycles. The van der Waals surface area contributed by atoms with Crippen LogP contribution in [0, 0.1) is 0 Å². The average Bonchev–Trinajstić information content (AvgIpc) is 3.03. The van der Waals surface area contributed by atoms with E-state index in [1.807, 2.05) is 57.5 Å². The smallest absolute Gasteiger partial charge is 0.247 e. The number of aromatic nitrogens is 2. The van der Waals surface area contributed by atoms with E-state index in [2.05, 4.69) is 55.6 Å². The fraction of sp³-hybridized carbons (Fsp3) is 0.412. The quantitative estimate of drug-likeness (QED) is 0.232. The first-order valence-corrected chi connectivity index (χ1v) is 15.0. The van der Waals surface area contributed by atoms with Crippen LogP contribution in [0.1, 0.15) is 40.3 Å². The topological polar surface area (TPSA) is 94.1 Å². The molecular formula is C34H45N7O3. The van der Waals surface area contributed by atoms with Crippen LogP contribution in [0.3, 0.4) is 0 Å². The van der Waals surface area contributed by atoms with E-state index in [1.165, 1.54) is 6.08 Å². The number of methoxy groups -OCH3 is 1. The lowest BCUT2D eigenvalue weighted by Crippen LogP contribution is -2.41. The fourth-order valence-electron chi connectivity index (χ4n) is 5.41. The van der Waals surface area contributed by atoms with Crippen molar-refractivity contribution in [2.75, 3.05) is 83.6 Å². The summed E-state index contributed by atoms with van der Waals surface area (Å²) in [5.74, 6) is 0.648. The summed E-state index contributed by atoms with van der Waals surface area (Å²) in [5, 5.41) is 2.92. The monoisotopic (exact) mass is 599 g/mol. The zero-order valence-corrected chi connectivity index (χ0v) is 26.8. The second kappa shape index (κ2) is 14.9. The number of carbonyl (C=O) groups is 2. The number of carbonyl (C=O) groups excluding carboxylic acids is 2. The number of likely N-dealkylation sites (N-methyl/N-ethyl adjacent to an activating group) is 2. The highest BCUT2D eigenvalue weighted by atomic mass is 16.5. The lowest BCUT2D eigenvalue weighted by Gasteiger charge is -2.36. The molecule has 0 radical (unpaired) electrons. The maximum absolute atomic E-state index is 13.4. The highest BCUT2D eigenvalue weighted by molar-refractivity contribution is 6.07. The van der Waals surface area contributed by atoms with Gasteiger partial charge in [-0.3, -0.25) is 9.59 Å². The highest BCUT2D eigenvalue weighted by Gasteiger charge is 2.22. The van der Waals surface area contributed by atoms with Gasteiger partial charge in [-0.15, -0.1) is 0 Å². The highest BCUT2D eigenvalue weighted by Crippen LogP contribution is 2.34. The molecule has 0 unspecified atom stereocenters. The standard InChI is InChI=1S/C34H45N7O3/c1-8-33(42)37-29-21-25(31(44-7)23-30(29)40(6)20-19-38(2)3)22-32-35-16-13-28(36-32)34(43)24-9-11-27(12-10-24)41-17-14-26(15-18-41)39(4)5/h8-13,16,21,23,26H,1,14-15,17-20,22H2,2-7H3,(H,37,42). The second-order valence-electron chi connectivity index (χ2n) is 11.7. The number of amides is 1. The molecule has 1 aliphatic rings. The van der Waals surface area contributed by atoms with Gasteiger partial charge in [0.2, 0.25) is 11.7 Å². The Morgan fingerprint density at radius 3 is 2.36 bits per heavy atom. The van der Waals surface area contributed by atoms with E-state index < -0.39 is 0 Å². The molecule has 0 spiro atoms. The third kappa shape index (κ3) is 8.21. The number of hydrogen-bond donors (Lipinski definition) is 1. The Labute approximate surface area is 261 Å². The van der Waals surface area contributed by atoms with Crippen LogP contribution in [0.15, 0.2) is 61.3 Å². The summed E-state index contributed by atoms with van der Waals surface area (Å²) in [6.45, 7) is 7.17. The van der Waals surface area contributed by atoms with E-state index in [4.69, 9.17) is 4.74 Å². The van der Waals surface area contributed by atoms with Gasteiger partial charge in [0.05, 0.1) is 18.5 Å². The largest absolute Gasteiger partial charge is 0.496 e. The van der Waals surface area contributed by atoms with Gasteiger partial charge >= 0.3 is 0 Å². The third-order valence-corrected chi connectivity index (χ3v) is 8.11. The summed E-state index contributed by atoms with van der Waals surface area (Å²) in [6, 6.07) is 13.8. The maximum atomic E-state index is 13.4. The van der Waals surface area contributed by atoms with Crippen molar-refractivity contribution in [1.29, 1.82) is 0 Å². The molecule has 234 valence electrons. The molecule has 1 N–H and O–H groups in total. The predicted molar refractivity (Wildman–Crippen MR) is 177 cm³/mol. The molecule has 10 heteroatoms. The number of rotatable bonds is 13. The van der Waals surface area contributed by atoms with E-state index in [-0.39, 0.29) is 11.7 Å². The zero-order chi connectivity index (χ0) is 31.8. The summed E-state index contributed by atoms with van der Waals surface area (Å²) in [5.41, 5.74) is 4.27. The van der Waals surface area contributed by atoms with Crippen LogP contribution in [-0.2, 0) is 11.2 Å². The molecule has 4 rings (SSSR count). The molecule has 1 saturated heterocycles. The molecule has 44 heavy (non-hydrogen) atoms. The Morgan fingerprint density at radius 1 is 1.05 bits per heavy atom. The summed E-state index contributed by atoms with van der Waals surface area (Å²) in [4.78, 5) is 43.6. The van der Waals surface area contributed by atoms with Crippen LogP contribution in [0.2, 0.25) is 0 Å². The molecule has 0 saturated carbocycles. The number of ketones is 1. The number of hydrogen-bond acceptors (Lipinski definition) is 9. The number of piperidine rings is 1. The zero-order valence-electron chi connectivity index (χ0n) is 26.8. The van der Waals surface area contributed by atoms with Gasteiger partial charge in [0.15, 0.2) is 0 Å². The van der Waals surface area contributed by atoms with Crippen LogP contribution < -0.4 is 19.9 Å². The van der Waals surface area contributed by atoms with Crippen LogP contribution in [0.4, 0.5) is 17.1 Å². The van der Waals surface area contributed by atoms with E-state index in [0.717, 1.165) is 56.0 Å². The Balaban J connectivity index is 1.53. The van der Waals surface area contributed by atoms with Crippen molar-refractivity contribution in [2.24, 2.45) is 0 Å². The third-order valence-electron chi connectivity index (χ3n) is 8.11. The Hall–Kier alpha value is -4.28. The molecule has 0 aliphatic carbocycles. The van der Waals surface area contributed by atoms with Crippen LogP contribution in [0.25, 0.3) is 0 Å². The number of nitrogens with one attached hydrogen (secondary N) is 1. The van der Waals surface area contributed by atoms with Crippen molar-refractivity contribution >= 4 is 28.8 Å². The molecule has 1 fully saturated rings. The lowest BCUT2D eigenvalue weighted by atomic mass is 10.0. The SMILES string of the molecule is C=CC(=O)Nc1cc(Cc2nccc(C(=O)c3ccc(N4CCC(N(C)C)CC4)cc3)n2)c(OC)cc1N(C)CCN(C)C. The molecule has 10 nitrogen and oxygen atoms in total. The first-order valence-electron chi connectivity index (χ1n) is 15.0. The molecular weight excluding hydrogens is 554 g/mol. The molecule has 1 aliphatic heterocycles. The van der Waals surface area contributed by atoms with Gasteiger partial charge in [0, 0.05) is 74.8 Å². The number of nitrogens with zero attached hydrogens (tertiary/aromatic N) is 6. The van der Waals surface area contributed by atoms with Crippen molar-refractivity contribution in [3.8, 4) is 5.75 Å². The predicted octanol–water partition coefficient (Wildman–Crippen LogP) is 3.96. The minimum Gasteiger partial charge on any atom is -0.496 e. The number of anilines is 3. The maximum Gasteiger partial charge on any atom is 0.247 e. The van der Waals surface area contributed by atoms with Crippen molar-refractivity contribution in [2.45, 2.75) is 25.3 Å². The van der Waals surface area contributed by atoms with Gasteiger partial charge in [-0.05, 0) is 83.5 Å². The van der Waals surface area contributed by atoms with Crippen LogP contribution in [0.5, 0.6) is 5.75 Å². The molecule has 1 amide bonds. The van der Waals surface area contributed by atoms with E-state index in [9.17, 15) is 9.59 Å². The van der Waals surface area contributed by atoms with Gasteiger partial charge in [0.1, 0.15) is 17.3 Å². The number of benzene rings is 2. The molecule has 0 atom stereocenters. The van der Waals surface area contributed by atoms with Crippen molar-refractivity contribution in [3.63, 3.8) is 0 Å². The van der Waals surface area contributed by atoms with Gasteiger partial charge < -0.3 is 29.7 Å². The molecule has 1 aromatic heterocycles. The minimum atomic E-state index is -0.309. The van der Waals surface area contributed by atoms with E-state index in [1.54, 1.807) is 19.4 Å². The number of ether oxygens (including phenoxy) is 1. The van der Waals surface area contributed by atoms with Crippen molar-refractivity contribution < 1.29 is 14.3 Å². The first-order chi connectivity index (χ1) is 21.1. The molecule has 3 aromatic rings. The van der Waals surface area contributed by atoms with E-state index in [0.29, 0.717) is 41.0 Å². The van der Waals surface area contributed by atoms with Gasteiger partial charge in [-0.1, -0.05) is 6.58 Å². The van der Waals surface area contributed by atoms with Crippen molar-refractivity contribution in [3.05, 3.63) is 84.0 Å². The fourth-order valence-corrected chi connectivity index (χ4v) is 5.41. The van der Waals surface area contributed by atoms with Gasteiger partial charge in [0.25, 0.3) is 0 Å². The van der Waals surface area contributed by atoms with Crippen LogP contribution >= 0.6 is 0 Å². The van der Waals surface area contributed by atoms with Gasteiger partial charge in [-0.2, -0.15) is 0 Å². The minimum absolute atomic E-state index is 0.157. The Kier molecular flexibility index (Phi) is 11.1. The summed E-state index contributed by atoms with van der Waals surface area (Å²) in [7, 11) is 11.9. The molecule has 0 bridgehead atoms. The summed E-state index contributed by atoms with van der Waals surface area (Å²) < 4.78 is 5.75. The second-order valence-corrected chi connectivity index (χ2v) is 11.7. The lowest BCUT2D eigenvalue weighted by molar-refractivity contribution is -0.111. The average molecular weight is 600 g/mol. The van der Waals surface area contributed by atoms with Gasteiger partial charge in [-0.25, -0.2) is 9.97 Å². The Bertz CT molecular complexity index is 1450. The molecule has 2 aromatic carbocycles. The normalized spacial score (nSPS) is 13.7. The first kappa shape index (κ1) is 32.6. The summed E-state index contributed by atoms with van der Waals surface area (Å²) in [6.07, 6.45) is 5.41.